The predicted octanol–water partition coefficient (Wildman–Crippen LogP) is 4.20. The number of aromatic nitrogens is 1. The predicted molar refractivity (Wildman–Crippen MR) is 129 cm³/mol. The normalized spacial score (nSPS) is 15.9. The van der Waals surface area contributed by atoms with E-state index < -0.39 is 0 Å². The van der Waals surface area contributed by atoms with Crippen LogP contribution in [0.1, 0.15) is 35.1 Å². The standard InChI is InChI=1S/C25H29N3O2S/c1-17-11-18(2)23-20(12-17)13-21(24(29)27-23)15-28(16-22-9-6-10-30-22)25(31)26-14-19-7-4-3-5-8-19/h3-5,7-8,11-13,22H,6,9-10,14-16H2,1-2H3,(H,26,31)(H,27,29)/t22-/m0/s1. The first-order valence-corrected chi connectivity index (χ1v) is 11.2. The molecule has 0 bridgehead atoms. The Hall–Kier alpha value is -2.70. The van der Waals surface area contributed by atoms with E-state index in [1.807, 2.05) is 31.2 Å². The second kappa shape index (κ2) is 9.62. The van der Waals surface area contributed by atoms with E-state index >= 15 is 0 Å². The Kier molecular flexibility index (Phi) is 6.68. The lowest BCUT2D eigenvalue weighted by Gasteiger charge is -2.28. The van der Waals surface area contributed by atoms with Crippen LogP contribution >= 0.6 is 12.2 Å². The van der Waals surface area contributed by atoms with Gasteiger partial charge >= 0.3 is 0 Å². The Balaban J connectivity index is 1.57. The maximum Gasteiger partial charge on any atom is 0.253 e. The summed E-state index contributed by atoms with van der Waals surface area (Å²) in [7, 11) is 0. The van der Waals surface area contributed by atoms with Crippen molar-refractivity contribution in [3.8, 4) is 0 Å². The van der Waals surface area contributed by atoms with Gasteiger partial charge in [0, 0.05) is 25.3 Å². The highest BCUT2D eigenvalue weighted by Gasteiger charge is 2.22. The zero-order chi connectivity index (χ0) is 21.8. The van der Waals surface area contributed by atoms with Crippen LogP contribution in [0, 0.1) is 13.8 Å². The molecule has 1 aliphatic heterocycles. The van der Waals surface area contributed by atoms with Crippen LogP contribution in [-0.2, 0) is 17.8 Å². The number of pyridine rings is 1. The number of aryl methyl sites for hydroxylation is 2. The summed E-state index contributed by atoms with van der Waals surface area (Å²) in [6, 6.07) is 16.4. The maximum absolute atomic E-state index is 12.9. The number of nitrogens with one attached hydrogen (secondary N) is 2. The van der Waals surface area contributed by atoms with Crippen molar-refractivity contribution in [3.63, 3.8) is 0 Å². The van der Waals surface area contributed by atoms with Crippen LogP contribution in [0.5, 0.6) is 0 Å². The topological polar surface area (TPSA) is 57.4 Å². The van der Waals surface area contributed by atoms with Gasteiger partial charge in [0.25, 0.3) is 5.56 Å². The molecule has 5 nitrogen and oxygen atoms in total. The number of rotatable bonds is 6. The van der Waals surface area contributed by atoms with E-state index in [0.717, 1.165) is 41.5 Å². The summed E-state index contributed by atoms with van der Waals surface area (Å²) in [4.78, 5) is 18.0. The third kappa shape index (κ3) is 5.32. The Morgan fingerprint density at radius 3 is 2.77 bits per heavy atom. The van der Waals surface area contributed by atoms with Crippen molar-refractivity contribution < 1.29 is 4.74 Å². The number of nitrogens with zero attached hydrogens (tertiary/aromatic N) is 1. The van der Waals surface area contributed by atoms with Crippen LogP contribution < -0.4 is 10.9 Å². The van der Waals surface area contributed by atoms with Crippen molar-refractivity contribution in [2.45, 2.75) is 45.9 Å². The summed E-state index contributed by atoms with van der Waals surface area (Å²) >= 11 is 5.74. The van der Waals surface area contributed by atoms with Crippen molar-refractivity contribution in [2.75, 3.05) is 13.2 Å². The molecule has 0 saturated carbocycles. The van der Waals surface area contributed by atoms with Crippen LogP contribution in [0.3, 0.4) is 0 Å². The van der Waals surface area contributed by atoms with Gasteiger partial charge in [0.15, 0.2) is 5.11 Å². The zero-order valence-corrected chi connectivity index (χ0v) is 18.9. The highest BCUT2D eigenvalue weighted by atomic mass is 32.1. The van der Waals surface area contributed by atoms with Crippen LogP contribution in [0.25, 0.3) is 10.9 Å². The average Bonchev–Trinajstić information content (AvgIpc) is 3.26. The lowest BCUT2D eigenvalue weighted by molar-refractivity contribution is 0.0896. The molecule has 162 valence electrons. The molecule has 0 aliphatic carbocycles. The number of aromatic amines is 1. The largest absolute Gasteiger partial charge is 0.376 e. The smallest absolute Gasteiger partial charge is 0.253 e. The Labute approximate surface area is 188 Å². The summed E-state index contributed by atoms with van der Waals surface area (Å²) in [5, 5.41) is 5.04. The van der Waals surface area contributed by atoms with Gasteiger partial charge in [-0.15, -0.1) is 0 Å². The van der Waals surface area contributed by atoms with E-state index in [1.54, 1.807) is 0 Å². The molecular weight excluding hydrogens is 406 g/mol. The van der Waals surface area contributed by atoms with Crippen molar-refractivity contribution >= 4 is 28.2 Å². The first kappa shape index (κ1) is 21.5. The molecule has 6 heteroatoms. The molecule has 1 fully saturated rings. The zero-order valence-electron chi connectivity index (χ0n) is 18.1. The maximum atomic E-state index is 12.9. The minimum absolute atomic E-state index is 0.0670. The quantitative estimate of drug-likeness (QED) is 0.569. The third-order valence-corrected chi connectivity index (χ3v) is 6.16. The number of fused-ring (bicyclic) bond motifs is 1. The second-order valence-corrected chi connectivity index (χ2v) is 8.72. The first-order chi connectivity index (χ1) is 15.0. The van der Waals surface area contributed by atoms with E-state index in [0.29, 0.717) is 30.3 Å². The van der Waals surface area contributed by atoms with Crippen molar-refractivity contribution in [2.24, 2.45) is 0 Å². The Morgan fingerprint density at radius 2 is 2.03 bits per heavy atom. The van der Waals surface area contributed by atoms with Crippen LogP contribution in [-0.4, -0.2) is 34.3 Å². The molecule has 0 amide bonds. The van der Waals surface area contributed by atoms with Gasteiger partial charge in [0.2, 0.25) is 0 Å². The summed E-state index contributed by atoms with van der Waals surface area (Å²) in [6.45, 7) is 6.65. The van der Waals surface area contributed by atoms with E-state index in [9.17, 15) is 4.79 Å². The second-order valence-electron chi connectivity index (χ2n) is 8.33. The molecule has 0 radical (unpaired) electrons. The molecule has 2 aromatic carbocycles. The third-order valence-electron chi connectivity index (χ3n) is 5.75. The number of ether oxygens (including phenoxy) is 1. The van der Waals surface area contributed by atoms with E-state index in [4.69, 9.17) is 17.0 Å². The van der Waals surface area contributed by atoms with Gasteiger partial charge in [-0.3, -0.25) is 4.79 Å². The summed E-state index contributed by atoms with van der Waals surface area (Å²) < 4.78 is 5.85. The molecule has 3 aromatic rings. The first-order valence-electron chi connectivity index (χ1n) is 10.8. The fourth-order valence-electron chi connectivity index (χ4n) is 4.19. The highest BCUT2D eigenvalue weighted by Crippen LogP contribution is 2.20. The van der Waals surface area contributed by atoms with E-state index in [-0.39, 0.29) is 11.7 Å². The number of hydrogen-bond donors (Lipinski definition) is 2. The van der Waals surface area contributed by atoms with E-state index in [2.05, 4.69) is 46.4 Å². The summed E-state index contributed by atoms with van der Waals surface area (Å²) in [5.74, 6) is 0. The fourth-order valence-corrected chi connectivity index (χ4v) is 4.41. The molecule has 31 heavy (non-hydrogen) atoms. The lowest BCUT2D eigenvalue weighted by atomic mass is 10.1. The molecule has 1 aromatic heterocycles. The minimum Gasteiger partial charge on any atom is -0.376 e. The molecule has 1 aliphatic rings. The Bertz CT molecular complexity index is 1120. The number of H-pyrrole nitrogens is 1. The number of benzene rings is 2. The van der Waals surface area contributed by atoms with Crippen molar-refractivity contribution in [1.29, 1.82) is 0 Å². The van der Waals surface area contributed by atoms with Crippen LogP contribution in [0.4, 0.5) is 0 Å². The molecule has 2 N–H and O–H groups in total. The van der Waals surface area contributed by atoms with Crippen molar-refractivity contribution in [1.82, 2.24) is 15.2 Å². The molecule has 1 atom stereocenters. The molecule has 2 heterocycles. The number of thiocarbonyl (C=S) groups is 1. The monoisotopic (exact) mass is 435 g/mol. The molecule has 4 rings (SSSR count). The summed E-state index contributed by atoms with van der Waals surface area (Å²) in [5.41, 5.74) is 4.96. The SMILES string of the molecule is Cc1cc(C)c2[nH]c(=O)c(CN(C[C@@H]3CCCO3)C(=S)NCc3ccccc3)cc2c1. The van der Waals surface area contributed by atoms with Crippen molar-refractivity contribution in [3.05, 3.63) is 81.1 Å². The van der Waals surface area contributed by atoms with Gasteiger partial charge in [-0.2, -0.15) is 0 Å². The van der Waals surface area contributed by atoms with Gasteiger partial charge in [0.1, 0.15) is 0 Å². The fraction of sp³-hybridized carbons (Fsp3) is 0.360. The Morgan fingerprint density at radius 1 is 1.23 bits per heavy atom. The van der Waals surface area contributed by atoms with Gasteiger partial charge in [-0.1, -0.05) is 42.0 Å². The molecule has 0 unspecified atom stereocenters. The van der Waals surface area contributed by atoms with Gasteiger partial charge < -0.3 is 19.9 Å². The van der Waals surface area contributed by atoms with Gasteiger partial charge in [-0.25, -0.2) is 0 Å². The van der Waals surface area contributed by atoms with Crippen LogP contribution in [0.15, 0.2) is 53.3 Å². The van der Waals surface area contributed by atoms with Gasteiger partial charge in [-0.05, 0) is 67.6 Å². The highest BCUT2D eigenvalue weighted by molar-refractivity contribution is 7.80. The molecule has 0 spiro atoms. The number of hydrogen-bond acceptors (Lipinski definition) is 3. The van der Waals surface area contributed by atoms with E-state index in [1.165, 1.54) is 5.56 Å². The average molecular weight is 436 g/mol. The van der Waals surface area contributed by atoms with Crippen LogP contribution in [0.2, 0.25) is 0 Å². The minimum atomic E-state index is -0.0670. The lowest BCUT2D eigenvalue weighted by Crippen LogP contribution is -2.43. The van der Waals surface area contributed by atoms with Gasteiger partial charge in [0.05, 0.1) is 18.2 Å². The summed E-state index contributed by atoms with van der Waals surface area (Å²) in [6.07, 6.45) is 2.22. The molecular formula is C25H29N3O2S. The molecule has 1 saturated heterocycles.